The highest BCUT2D eigenvalue weighted by atomic mass is 15.3. The second-order valence-electron chi connectivity index (χ2n) is 6.32. The van der Waals surface area contributed by atoms with Crippen LogP contribution in [0.2, 0.25) is 0 Å². The van der Waals surface area contributed by atoms with E-state index in [9.17, 15) is 0 Å². The van der Waals surface area contributed by atoms with Gasteiger partial charge in [0.05, 0.1) is 6.20 Å². The summed E-state index contributed by atoms with van der Waals surface area (Å²) in [5, 5.41) is 7.85. The van der Waals surface area contributed by atoms with E-state index in [4.69, 9.17) is 0 Å². The average molecular weight is 250 g/mol. The molecule has 0 amide bonds. The largest absolute Gasteiger partial charge is 0.311 e. The zero-order chi connectivity index (χ0) is 13.2. The highest BCUT2D eigenvalue weighted by Crippen LogP contribution is 2.30. The van der Waals surface area contributed by atoms with Gasteiger partial charge < -0.3 is 5.32 Å². The summed E-state index contributed by atoms with van der Waals surface area (Å²) in [5.41, 5.74) is 1.58. The van der Waals surface area contributed by atoms with Crippen molar-refractivity contribution in [1.82, 2.24) is 20.0 Å². The van der Waals surface area contributed by atoms with Crippen LogP contribution < -0.4 is 5.32 Å². The molecule has 1 aromatic rings. The Bertz CT molecular complexity index is 377. The standard InChI is InChI=1S/C14H26N4/c1-14(2,3)15-7-9-18-8-5-6-13(18)12-10-16-17(4)11-12/h10-11,13,15H,5-9H2,1-4H3. The number of likely N-dealkylation sites (tertiary alicyclic amines) is 1. The van der Waals surface area contributed by atoms with E-state index < -0.39 is 0 Å². The predicted octanol–water partition coefficient (Wildman–Crippen LogP) is 1.95. The van der Waals surface area contributed by atoms with Crippen molar-refractivity contribution >= 4 is 0 Å². The number of nitrogens with zero attached hydrogens (tertiary/aromatic N) is 3. The second kappa shape index (κ2) is 5.41. The van der Waals surface area contributed by atoms with Crippen molar-refractivity contribution in [1.29, 1.82) is 0 Å². The Labute approximate surface area is 110 Å². The van der Waals surface area contributed by atoms with Crippen LogP contribution in [0.25, 0.3) is 0 Å². The molecule has 4 heteroatoms. The van der Waals surface area contributed by atoms with Crippen molar-refractivity contribution in [2.24, 2.45) is 7.05 Å². The average Bonchev–Trinajstić information content (AvgIpc) is 2.84. The van der Waals surface area contributed by atoms with E-state index in [0.29, 0.717) is 6.04 Å². The summed E-state index contributed by atoms with van der Waals surface area (Å²) in [6, 6.07) is 0.570. The van der Waals surface area contributed by atoms with Gasteiger partial charge in [0.1, 0.15) is 0 Å². The zero-order valence-corrected chi connectivity index (χ0v) is 12.1. The van der Waals surface area contributed by atoms with Gasteiger partial charge in [0.15, 0.2) is 0 Å². The molecule has 2 rings (SSSR count). The van der Waals surface area contributed by atoms with Crippen LogP contribution in [0.1, 0.15) is 45.2 Å². The lowest BCUT2D eigenvalue weighted by Gasteiger charge is -2.27. The smallest absolute Gasteiger partial charge is 0.0537 e. The van der Waals surface area contributed by atoms with Gasteiger partial charge in [-0.3, -0.25) is 9.58 Å². The van der Waals surface area contributed by atoms with Crippen LogP contribution in [-0.4, -0.2) is 39.9 Å². The maximum atomic E-state index is 4.29. The van der Waals surface area contributed by atoms with Crippen LogP contribution in [0.3, 0.4) is 0 Å². The third kappa shape index (κ3) is 3.56. The fourth-order valence-corrected chi connectivity index (χ4v) is 2.66. The number of hydrogen-bond donors (Lipinski definition) is 1. The first-order valence-electron chi connectivity index (χ1n) is 6.93. The Kier molecular flexibility index (Phi) is 4.07. The molecule has 1 aliphatic heterocycles. The van der Waals surface area contributed by atoms with Crippen LogP contribution in [0.5, 0.6) is 0 Å². The van der Waals surface area contributed by atoms with Gasteiger partial charge in [0, 0.05) is 43.5 Å². The Morgan fingerprint density at radius 2 is 2.22 bits per heavy atom. The molecule has 102 valence electrons. The van der Waals surface area contributed by atoms with Gasteiger partial charge in [-0.05, 0) is 40.2 Å². The molecule has 1 aromatic heterocycles. The fourth-order valence-electron chi connectivity index (χ4n) is 2.66. The summed E-state index contributed by atoms with van der Waals surface area (Å²) < 4.78 is 1.90. The first kappa shape index (κ1) is 13.6. The minimum absolute atomic E-state index is 0.212. The molecule has 0 bridgehead atoms. The van der Waals surface area contributed by atoms with Crippen molar-refractivity contribution < 1.29 is 0 Å². The molecule has 1 N–H and O–H groups in total. The molecular formula is C14H26N4. The maximum absolute atomic E-state index is 4.29. The van der Waals surface area contributed by atoms with Gasteiger partial charge in [-0.15, -0.1) is 0 Å². The molecule has 0 saturated carbocycles. The minimum Gasteiger partial charge on any atom is -0.311 e. The van der Waals surface area contributed by atoms with Crippen LogP contribution >= 0.6 is 0 Å². The number of aryl methyl sites for hydroxylation is 1. The highest BCUT2D eigenvalue weighted by molar-refractivity contribution is 5.12. The predicted molar refractivity (Wildman–Crippen MR) is 74.5 cm³/mol. The first-order chi connectivity index (χ1) is 8.46. The van der Waals surface area contributed by atoms with Crippen LogP contribution in [0.4, 0.5) is 0 Å². The lowest BCUT2D eigenvalue weighted by atomic mass is 10.1. The van der Waals surface area contributed by atoms with E-state index >= 15 is 0 Å². The number of aromatic nitrogens is 2. The summed E-state index contributed by atoms with van der Waals surface area (Å²) in [5.74, 6) is 0. The van der Waals surface area contributed by atoms with Gasteiger partial charge in [0.2, 0.25) is 0 Å². The Morgan fingerprint density at radius 1 is 1.44 bits per heavy atom. The molecule has 1 atom stereocenters. The molecule has 4 nitrogen and oxygen atoms in total. The van der Waals surface area contributed by atoms with Gasteiger partial charge >= 0.3 is 0 Å². The van der Waals surface area contributed by atoms with Gasteiger partial charge in [-0.1, -0.05) is 0 Å². The lowest BCUT2D eigenvalue weighted by Crippen LogP contribution is -2.41. The highest BCUT2D eigenvalue weighted by Gasteiger charge is 2.26. The molecule has 0 spiro atoms. The van der Waals surface area contributed by atoms with E-state index in [2.05, 4.69) is 42.3 Å². The SMILES string of the molecule is Cn1cc(C2CCCN2CCNC(C)(C)C)cn1. The van der Waals surface area contributed by atoms with Crippen molar-refractivity contribution in [3.8, 4) is 0 Å². The second-order valence-corrected chi connectivity index (χ2v) is 6.32. The van der Waals surface area contributed by atoms with E-state index in [1.807, 2.05) is 17.9 Å². The van der Waals surface area contributed by atoms with Crippen molar-refractivity contribution in [3.63, 3.8) is 0 Å². The first-order valence-corrected chi connectivity index (χ1v) is 6.93. The van der Waals surface area contributed by atoms with Crippen molar-refractivity contribution in [2.45, 2.75) is 45.2 Å². The van der Waals surface area contributed by atoms with Crippen LogP contribution in [-0.2, 0) is 7.05 Å². The lowest BCUT2D eigenvalue weighted by molar-refractivity contribution is 0.246. The maximum Gasteiger partial charge on any atom is 0.0537 e. The summed E-state index contributed by atoms with van der Waals surface area (Å²) in [4.78, 5) is 2.58. The van der Waals surface area contributed by atoms with E-state index in [1.54, 1.807) is 0 Å². The molecule has 0 aliphatic carbocycles. The molecule has 18 heavy (non-hydrogen) atoms. The monoisotopic (exact) mass is 250 g/mol. The molecule has 1 fully saturated rings. The minimum atomic E-state index is 0.212. The summed E-state index contributed by atoms with van der Waals surface area (Å²) >= 11 is 0. The summed E-state index contributed by atoms with van der Waals surface area (Å²) in [6.45, 7) is 10.0. The van der Waals surface area contributed by atoms with Crippen molar-refractivity contribution in [3.05, 3.63) is 18.0 Å². The van der Waals surface area contributed by atoms with E-state index in [-0.39, 0.29) is 5.54 Å². The topological polar surface area (TPSA) is 33.1 Å². The Morgan fingerprint density at radius 3 is 2.83 bits per heavy atom. The molecular weight excluding hydrogens is 224 g/mol. The van der Waals surface area contributed by atoms with Crippen LogP contribution in [0.15, 0.2) is 12.4 Å². The molecule has 2 heterocycles. The normalized spacial score (nSPS) is 21.7. The quantitative estimate of drug-likeness (QED) is 0.886. The zero-order valence-electron chi connectivity index (χ0n) is 12.1. The van der Waals surface area contributed by atoms with E-state index in [1.165, 1.54) is 24.9 Å². The fraction of sp³-hybridized carbons (Fsp3) is 0.786. The van der Waals surface area contributed by atoms with Gasteiger partial charge in [-0.2, -0.15) is 5.10 Å². The van der Waals surface area contributed by atoms with Crippen molar-refractivity contribution in [2.75, 3.05) is 19.6 Å². The molecule has 0 aromatic carbocycles. The molecule has 1 saturated heterocycles. The van der Waals surface area contributed by atoms with E-state index in [0.717, 1.165) is 13.1 Å². The molecule has 1 aliphatic rings. The Balaban J connectivity index is 1.88. The number of nitrogens with one attached hydrogen (secondary N) is 1. The van der Waals surface area contributed by atoms with Gasteiger partial charge in [-0.25, -0.2) is 0 Å². The third-order valence-electron chi connectivity index (χ3n) is 3.53. The summed E-state index contributed by atoms with van der Waals surface area (Å²) in [6.07, 6.45) is 6.73. The third-order valence-corrected chi connectivity index (χ3v) is 3.53. The molecule has 0 radical (unpaired) electrons. The van der Waals surface area contributed by atoms with Gasteiger partial charge in [0.25, 0.3) is 0 Å². The number of rotatable bonds is 4. The number of hydrogen-bond acceptors (Lipinski definition) is 3. The van der Waals surface area contributed by atoms with Crippen LogP contribution in [0, 0.1) is 0 Å². The Hall–Kier alpha value is -0.870. The molecule has 1 unspecified atom stereocenters. The summed E-state index contributed by atoms with van der Waals surface area (Å²) in [7, 11) is 1.99.